The maximum Gasteiger partial charge on any atom is 0.271 e. The number of hydrogen-bond acceptors (Lipinski definition) is 4. The number of ether oxygens (including phenoxy) is 1. The number of nitrogens with one attached hydrogen (secondary N) is 1. The summed E-state index contributed by atoms with van der Waals surface area (Å²) in [5, 5.41) is 6.92. The van der Waals surface area contributed by atoms with Gasteiger partial charge in [0.1, 0.15) is 17.3 Å². The molecular formula is C21H20FN3O3. The Morgan fingerprint density at radius 2 is 1.86 bits per heavy atom. The van der Waals surface area contributed by atoms with Crippen molar-refractivity contribution in [1.29, 1.82) is 0 Å². The number of carbonyl (C=O) groups is 1. The molecule has 6 nitrogen and oxygen atoms in total. The topological polar surface area (TPSA) is 73.2 Å². The average molecular weight is 381 g/mol. The van der Waals surface area contributed by atoms with Gasteiger partial charge in [-0.05, 0) is 41.8 Å². The molecule has 0 saturated carbocycles. The Morgan fingerprint density at radius 3 is 2.61 bits per heavy atom. The van der Waals surface area contributed by atoms with E-state index in [0.717, 1.165) is 11.3 Å². The van der Waals surface area contributed by atoms with Crippen molar-refractivity contribution in [2.24, 2.45) is 0 Å². The first-order valence-electron chi connectivity index (χ1n) is 8.79. The van der Waals surface area contributed by atoms with Gasteiger partial charge in [-0.3, -0.25) is 9.59 Å². The van der Waals surface area contributed by atoms with E-state index in [1.54, 1.807) is 19.2 Å². The van der Waals surface area contributed by atoms with E-state index < -0.39 is 0 Å². The summed E-state index contributed by atoms with van der Waals surface area (Å²) in [4.78, 5) is 24.4. The van der Waals surface area contributed by atoms with Gasteiger partial charge >= 0.3 is 0 Å². The van der Waals surface area contributed by atoms with Gasteiger partial charge < -0.3 is 10.1 Å². The molecule has 0 fully saturated rings. The van der Waals surface area contributed by atoms with Crippen LogP contribution in [-0.2, 0) is 13.0 Å². The lowest BCUT2D eigenvalue weighted by Crippen LogP contribution is -2.31. The minimum atomic E-state index is -0.372. The summed E-state index contributed by atoms with van der Waals surface area (Å²) < 4.78 is 19.5. The lowest BCUT2D eigenvalue weighted by molar-refractivity contribution is 0.0946. The van der Waals surface area contributed by atoms with Crippen LogP contribution in [0.4, 0.5) is 4.39 Å². The van der Waals surface area contributed by atoms with Gasteiger partial charge in [0.05, 0.1) is 13.7 Å². The molecule has 0 atom stereocenters. The third-order valence-electron chi connectivity index (χ3n) is 4.22. The van der Waals surface area contributed by atoms with Gasteiger partial charge in [0.15, 0.2) is 0 Å². The smallest absolute Gasteiger partial charge is 0.271 e. The summed E-state index contributed by atoms with van der Waals surface area (Å²) in [6.07, 6.45) is 0.602. The van der Waals surface area contributed by atoms with E-state index in [9.17, 15) is 14.0 Å². The zero-order chi connectivity index (χ0) is 19.9. The van der Waals surface area contributed by atoms with Crippen molar-refractivity contribution in [2.75, 3.05) is 13.7 Å². The number of benzene rings is 2. The number of amides is 1. The van der Waals surface area contributed by atoms with E-state index in [0.29, 0.717) is 18.5 Å². The minimum absolute atomic E-state index is 0.140. The molecule has 0 bridgehead atoms. The molecule has 1 N–H and O–H groups in total. The van der Waals surface area contributed by atoms with Gasteiger partial charge in [0, 0.05) is 12.6 Å². The zero-order valence-corrected chi connectivity index (χ0v) is 15.4. The van der Waals surface area contributed by atoms with Gasteiger partial charge in [-0.1, -0.05) is 30.3 Å². The number of methoxy groups -OCH3 is 1. The van der Waals surface area contributed by atoms with Crippen LogP contribution in [-0.4, -0.2) is 29.3 Å². The first kappa shape index (κ1) is 19.3. The molecule has 0 unspecified atom stereocenters. The molecule has 1 amide bonds. The van der Waals surface area contributed by atoms with Crippen molar-refractivity contribution in [2.45, 2.75) is 13.0 Å². The Labute approximate surface area is 161 Å². The molecule has 0 spiro atoms. The quantitative estimate of drug-likeness (QED) is 0.682. The normalized spacial score (nSPS) is 10.5. The first-order valence-corrected chi connectivity index (χ1v) is 8.79. The van der Waals surface area contributed by atoms with Crippen LogP contribution in [0.25, 0.3) is 0 Å². The van der Waals surface area contributed by atoms with Crippen LogP contribution in [0.5, 0.6) is 5.75 Å². The summed E-state index contributed by atoms with van der Waals surface area (Å²) in [6.45, 7) is 0.555. The van der Waals surface area contributed by atoms with E-state index in [4.69, 9.17) is 4.74 Å². The minimum Gasteiger partial charge on any atom is -0.496 e. The Balaban J connectivity index is 1.65. The zero-order valence-electron chi connectivity index (χ0n) is 15.4. The fraction of sp³-hybridized carbons (Fsp3) is 0.190. The van der Waals surface area contributed by atoms with Crippen molar-refractivity contribution >= 4 is 5.91 Å². The molecule has 0 saturated heterocycles. The fourth-order valence-corrected chi connectivity index (χ4v) is 2.76. The molecule has 1 aromatic heterocycles. The Morgan fingerprint density at radius 1 is 1.11 bits per heavy atom. The second-order valence-electron chi connectivity index (χ2n) is 6.16. The maximum atomic E-state index is 13.0. The predicted molar refractivity (Wildman–Crippen MR) is 103 cm³/mol. The largest absolute Gasteiger partial charge is 0.496 e. The highest BCUT2D eigenvalue weighted by molar-refractivity contribution is 5.91. The highest BCUT2D eigenvalue weighted by Crippen LogP contribution is 2.17. The summed E-state index contributed by atoms with van der Waals surface area (Å²) in [7, 11) is 1.60. The van der Waals surface area contributed by atoms with Crippen molar-refractivity contribution in [3.63, 3.8) is 0 Å². The molecule has 28 heavy (non-hydrogen) atoms. The van der Waals surface area contributed by atoms with Crippen molar-refractivity contribution in [3.05, 3.63) is 93.7 Å². The summed E-state index contributed by atoms with van der Waals surface area (Å²) in [6, 6.07) is 16.1. The van der Waals surface area contributed by atoms with E-state index >= 15 is 0 Å². The van der Waals surface area contributed by atoms with Crippen LogP contribution in [0.15, 0.2) is 65.5 Å². The number of para-hydroxylation sites is 1. The number of aromatic nitrogens is 2. The molecule has 3 aromatic rings. The average Bonchev–Trinajstić information content (AvgIpc) is 2.71. The van der Waals surface area contributed by atoms with Gasteiger partial charge in [-0.25, -0.2) is 9.07 Å². The maximum absolute atomic E-state index is 13.0. The molecule has 0 radical (unpaired) electrons. The third-order valence-corrected chi connectivity index (χ3v) is 4.22. The molecule has 3 rings (SSSR count). The first-order chi connectivity index (χ1) is 13.6. The lowest BCUT2D eigenvalue weighted by atomic mass is 10.1. The van der Waals surface area contributed by atoms with Gasteiger partial charge in [-0.15, -0.1) is 0 Å². The number of carbonyl (C=O) groups excluding carboxylic acids is 1. The standard InChI is InChI=1S/C21H20FN3O3/c1-28-19-5-3-2-4-16(19)12-13-23-21(27)18-10-11-20(26)25(24-18)14-15-6-8-17(22)9-7-15/h2-11H,12-14H2,1H3,(H,23,27). The van der Waals surface area contributed by atoms with Gasteiger partial charge in [0.2, 0.25) is 0 Å². The SMILES string of the molecule is COc1ccccc1CCNC(=O)c1ccc(=O)n(Cc2ccc(F)cc2)n1. The van der Waals surface area contributed by atoms with Gasteiger partial charge in [0.25, 0.3) is 11.5 Å². The molecule has 144 valence electrons. The fourth-order valence-electron chi connectivity index (χ4n) is 2.76. The second-order valence-corrected chi connectivity index (χ2v) is 6.16. The Hall–Kier alpha value is -3.48. The van der Waals surface area contributed by atoms with E-state index in [2.05, 4.69) is 10.4 Å². The predicted octanol–water partition coefficient (Wildman–Crippen LogP) is 2.41. The van der Waals surface area contributed by atoms with E-state index in [-0.39, 0.29) is 29.5 Å². The molecular weight excluding hydrogens is 361 g/mol. The highest BCUT2D eigenvalue weighted by atomic mass is 19.1. The van der Waals surface area contributed by atoms with Crippen LogP contribution in [0.3, 0.4) is 0 Å². The summed E-state index contributed by atoms with van der Waals surface area (Å²) in [5.41, 5.74) is 1.50. The molecule has 2 aromatic carbocycles. The lowest BCUT2D eigenvalue weighted by Gasteiger charge is -2.10. The number of nitrogens with zero attached hydrogens (tertiary/aromatic N) is 2. The third kappa shape index (κ3) is 4.82. The highest BCUT2D eigenvalue weighted by Gasteiger charge is 2.10. The monoisotopic (exact) mass is 381 g/mol. The van der Waals surface area contributed by atoms with Crippen molar-refractivity contribution in [3.8, 4) is 5.75 Å². The second kappa shape index (κ2) is 8.94. The van der Waals surface area contributed by atoms with Crippen molar-refractivity contribution in [1.82, 2.24) is 15.1 Å². The molecule has 7 heteroatoms. The Bertz CT molecular complexity index is 1020. The summed E-state index contributed by atoms with van der Waals surface area (Å²) >= 11 is 0. The van der Waals surface area contributed by atoms with E-state index in [1.807, 2.05) is 24.3 Å². The van der Waals surface area contributed by atoms with Crippen LogP contribution in [0.2, 0.25) is 0 Å². The van der Waals surface area contributed by atoms with Crippen molar-refractivity contribution < 1.29 is 13.9 Å². The molecule has 0 aliphatic heterocycles. The molecule has 0 aliphatic rings. The number of hydrogen-bond donors (Lipinski definition) is 1. The van der Waals surface area contributed by atoms with Crippen LogP contribution in [0, 0.1) is 5.82 Å². The van der Waals surface area contributed by atoms with Crippen LogP contribution in [0.1, 0.15) is 21.6 Å². The molecule has 1 heterocycles. The van der Waals surface area contributed by atoms with Gasteiger partial charge in [-0.2, -0.15) is 5.10 Å². The molecule has 0 aliphatic carbocycles. The number of rotatable bonds is 7. The summed E-state index contributed by atoms with van der Waals surface area (Å²) in [5.74, 6) is 0.0395. The number of halogens is 1. The van der Waals surface area contributed by atoms with Crippen LogP contribution < -0.4 is 15.6 Å². The van der Waals surface area contributed by atoms with E-state index in [1.165, 1.54) is 28.9 Å². The Kier molecular flexibility index (Phi) is 6.16. The van der Waals surface area contributed by atoms with Crippen LogP contribution >= 0.6 is 0 Å².